The van der Waals surface area contributed by atoms with E-state index in [9.17, 15) is 18.0 Å². The molecule has 1 amide bonds. The quantitative estimate of drug-likeness (QED) is 0.717. The third kappa shape index (κ3) is 5.32. The number of nitrogens with zero attached hydrogens (tertiary/aromatic N) is 5. The van der Waals surface area contributed by atoms with Crippen LogP contribution in [0.4, 0.5) is 13.2 Å². The van der Waals surface area contributed by atoms with Gasteiger partial charge in [-0.25, -0.2) is 4.79 Å². The van der Waals surface area contributed by atoms with E-state index in [0.29, 0.717) is 6.42 Å². The third-order valence-electron chi connectivity index (χ3n) is 6.12. The highest BCUT2D eigenvalue weighted by atomic mass is 19.4. The number of halogens is 3. The summed E-state index contributed by atoms with van der Waals surface area (Å²) in [6.45, 7) is 5.26. The van der Waals surface area contributed by atoms with E-state index in [0.717, 1.165) is 62.0 Å². The lowest BCUT2D eigenvalue weighted by Gasteiger charge is -2.48. The zero-order valence-electron chi connectivity index (χ0n) is 19.3. The van der Waals surface area contributed by atoms with Crippen molar-refractivity contribution >= 4 is 11.9 Å². The van der Waals surface area contributed by atoms with Gasteiger partial charge in [0.05, 0.1) is 19.2 Å². The number of methoxy groups -OCH3 is 1. The van der Waals surface area contributed by atoms with Gasteiger partial charge in [0.15, 0.2) is 5.82 Å². The molecule has 186 valence electrons. The normalized spacial score (nSPS) is 17.5. The van der Waals surface area contributed by atoms with Gasteiger partial charge in [-0.15, -0.1) is 10.2 Å². The first kappa shape index (κ1) is 25.5. The Labute approximate surface area is 195 Å². The number of likely N-dealkylation sites (N-methyl/N-ethyl adjacent to an activating group) is 1. The molecule has 0 radical (unpaired) electrons. The number of carbonyl (C=O) groups is 2. The molecule has 1 spiro atoms. The van der Waals surface area contributed by atoms with E-state index in [1.807, 2.05) is 36.1 Å². The molecule has 2 aromatic rings. The van der Waals surface area contributed by atoms with E-state index in [-0.39, 0.29) is 11.4 Å². The third-order valence-corrected chi connectivity index (χ3v) is 6.12. The first-order valence-corrected chi connectivity index (χ1v) is 10.9. The largest absolute Gasteiger partial charge is 0.497 e. The minimum absolute atomic E-state index is 0.0639. The molecule has 0 unspecified atom stereocenters. The summed E-state index contributed by atoms with van der Waals surface area (Å²) in [4.78, 5) is 25.3. The topological polar surface area (TPSA) is 101 Å². The molecule has 1 saturated heterocycles. The monoisotopic (exact) mass is 483 g/mol. The van der Waals surface area contributed by atoms with Crippen LogP contribution in [0.3, 0.4) is 0 Å². The summed E-state index contributed by atoms with van der Waals surface area (Å²) in [7, 11) is 3.81. The maximum Gasteiger partial charge on any atom is 0.490 e. The van der Waals surface area contributed by atoms with E-state index < -0.39 is 12.1 Å². The SMILES string of the molecule is CCC(=O)N1CCC2(CC1)CN(C)Cc1nnc(-c3ccc(OC)cc3)n12.O=C(O)C(F)(F)F. The maximum absolute atomic E-state index is 12.1. The number of aliphatic carboxylic acids is 1. The fraction of sp³-hybridized carbons (Fsp3) is 0.545. The van der Waals surface area contributed by atoms with Gasteiger partial charge in [-0.1, -0.05) is 6.92 Å². The number of hydrogen-bond donors (Lipinski definition) is 1. The van der Waals surface area contributed by atoms with E-state index in [4.69, 9.17) is 14.6 Å². The molecule has 3 heterocycles. The number of carboxylic acids is 1. The fourth-order valence-corrected chi connectivity index (χ4v) is 4.49. The molecule has 0 bridgehead atoms. The molecule has 1 fully saturated rings. The molecule has 1 aromatic carbocycles. The van der Waals surface area contributed by atoms with Crippen LogP contribution in [-0.4, -0.2) is 81.5 Å². The Balaban J connectivity index is 0.000000406. The summed E-state index contributed by atoms with van der Waals surface area (Å²) in [6, 6.07) is 8.00. The number of ether oxygens (including phenoxy) is 1. The Morgan fingerprint density at radius 2 is 1.74 bits per heavy atom. The van der Waals surface area contributed by atoms with Crippen molar-refractivity contribution < 1.29 is 32.6 Å². The maximum atomic E-state index is 12.1. The minimum Gasteiger partial charge on any atom is -0.497 e. The summed E-state index contributed by atoms with van der Waals surface area (Å²) in [5.74, 6) is 0.236. The van der Waals surface area contributed by atoms with Gasteiger partial charge >= 0.3 is 12.1 Å². The molecule has 9 nitrogen and oxygen atoms in total. The van der Waals surface area contributed by atoms with E-state index in [1.54, 1.807) is 7.11 Å². The van der Waals surface area contributed by atoms with Crippen molar-refractivity contribution in [2.75, 3.05) is 33.8 Å². The molecule has 1 aromatic heterocycles. The van der Waals surface area contributed by atoms with Crippen LogP contribution < -0.4 is 4.74 Å². The molecular formula is C22H28F3N5O4. The standard InChI is InChI=1S/C20H27N5O2.C2HF3O2/c1-4-18(26)24-11-9-20(10-12-24)14-23(2)13-17-21-22-19(25(17)20)15-5-7-16(27-3)8-6-15;3-2(4,5)1(6)7/h5-8H,4,9-14H2,1-3H3;(H,6,7). The van der Waals surface area contributed by atoms with Crippen LogP contribution in [0.15, 0.2) is 24.3 Å². The van der Waals surface area contributed by atoms with E-state index in [1.165, 1.54) is 0 Å². The summed E-state index contributed by atoms with van der Waals surface area (Å²) in [5.41, 5.74) is 0.983. The first-order valence-electron chi connectivity index (χ1n) is 10.9. The second kappa shape index (κ2) is 10.00. The van der Waals surface area contributed by atoms with Crippen molar-refractivity contribution in [3.63, 3.8) is 0 Å². The lowest BCUT2D eigenvalue weighted by Crippen LogP contribution is -2.55. The molecule has 0 saturated carbocycles. The zero-order chi connectivity index (χ0) is 25.1. The molecule has 34 heavy (non-hydrogen) atoms. The molecule has 0 aliphatic carbocycles. The molecule has 2 aliphatic rings. The van der Waals surface area contributed by atoms with Crippen LogP contribution in [0.25, 0.3) is 11.4 Å². The van der Waals surface area contributed by atoms with Crippen molar-refractivity contribution in [2.45, 2.75) is 44.4 Å². The van der Waals surface area contributed by atoms with Crippen LogP contribution in [-0.2, 0) is 21.7 Å². The molecular weight excluding hydrogens is 455 g/mol. The molecule has 4 rings (SSSR count). The Hall–Kier alpha value is -3.15. The summed E-state index contributed by atoms with van der Waals surface area (Å²) in [5, 5.41) is 16.2. The predicted octanol–water partition coefficient (Wildman–Crippen LogP) is 2.76. The average Bonchev–Trinajstić information content (AvgIpc) is 3.23. The van der Waals surface area contributed by atoms with Crippen LogP contribution in [0.2, 0.25) is 0 Å². The molecule has 1 N–H and O–H groups in total. The molecule has 2 aliphatic heterocycles. The van der Waals surface area contributed by atoms with Gasteiger partial charge in [-0.3, -0.25) is 9.69 Å². The van der Waals surface area contributed by atoms with Gasteiger partial charge in [0.2, 0.25) is 5.91 Å². The van der Waals surface area contributed by atoms with Gasteiger partial charge in [-0.05, 0) is 44.2 Å². The Kier molecular flexibility index (Phi) is 7.49. The predicted molar refractivity (Wildman–Crippen MR) is 116 cm³/mol. The van der Waals surface area contributed by atoms with Crippen LogP contribution in [0.5, 0.6) is 5.75 Å². The highest BCUT2D eigenvalue weighted by Crippen LogP contribution is 2.39. The number of piperidine rings is 1. The van der Waals surface area contributed by atoms with E-state index in [2.05, 4.69) is 26.7 Å². The van der Waals surface area contributed by atoms with Crippen LogP contribution in [0, 0.1) is 0 Å². The van der Waals surface area contributed by atoms with Gasteiger partial charge in [0.1, 0.15) is 11.6 Å². The number of fused-ring (bicyclic) bond motifs is 2. The number of rotatable bonds is 3. The van der Waals surface area contributed by atoms with Gasteiger partial charge in [-0.2, -0.15) is 13.2 Å². The van der Waals surface area contributed by atoms with Crippen molar-refractivity contribution in [1.29, 1.82) is 0 Å². The highest BCUT2D eigenvalue weighted by molar-refractivity contribution is 5.76. The number of carboxylic acid groups (broad SMARTS) is 1. The smallest absolute Gasteiger partial charge is 0.490 e. The highest BCUT2D eigenvalue weighted by Gasteiger charge is 2.44. The van der Waals surface area contributed by atoms with Crippen molar-refractivity contribution in [3.05, 3.63) is 30.1 Å². The van der Waals surface area contributed by atoms with Crippen LogP contribution >= 0.6 is 0 Å². The minimum atomic E-state index is -5.08. The van der Waals surface area contributed by atoms with Gasteiger partial charge in [0, 0.05) is 31.6 Å². The summed E-state index contributed by atoms with van der Waals surface area (Å²) in [6.07, 6.45) is -2.66. The van der Waals surface area contributed by atoms with Crippen LogP contribution in [0.1, 0.15) is 32.0 Å². The summed E-state index contributed by atoms with van der Waals surface area (Å²) < 4.78 is 39.4. The number of alkyl halides is 3. The second-order valence-electron chi connectivity index (χ2n) is 8.44. The van der Waals surface area contributed by atoms with Crippen molar-refractivity contribution in [2.24, 2.45) is 0 Å². The number of aromatic nitrogens is 3. The van der Waals surface area contributed by atoms with E-state index >= 15 is 0 Å². The van der Waals surface area contributed by atoms with Gasteiger partial charge < -0.3 is 19.3 Å². The Morgan fingerprint density at radius 1 is 1.15 bits per heavy atom. The average molecular weight is 483 g/mol. The fourth-order valence-electron chi connectivity index (χ4n) is 4.49. The number of likely N-dealkylation sites (tertiary alicyclic amines) is 1. The second-order valence-corrected chi connectivity index (χ2v) is 8.44. The lowest BCUT2D eigenvalue weighted by molar-refractivity contribution is -0.192. The first-order chi connectivity index (χ1) is 16.0. The van der Waals surface area contributed by atoms with Crippen molar-refractivity contribution in [1.82, 2.24) is 24.6 Å². The Bertz CT molecular complexity index is 1010. The van der Waals surface area contributed by atoms with Crippen molar-refractivity contribution in [3.8, 4) is 17.1 Å². The van der Waals surface area contributed by atoms with Gasteiger partial charge in [0.25, 0.3) is 0 Å². The molecule has 0 atom stereocenters. The molecule has 12 heteroatoms. The number of benzene rings is 1. The summed E-state index contributed by atoms with van der Waals surface area (Å²) >= 11 is 0. The Morgan fingerprint density at radius 3 is 2.24 bits per heavy atom. The number of hydrogen-bond acceptors (Lipinski definition) is 6. The lowest BCUT2D eigenvalue weighted by atomic mass is 9.84. The number of carbonyl (C=O) groups excluding carboxylic acids is 1. The zero-order valence-corrected chi connectivity index (χ0v) is 19.3. The number of amides is 1.